The zero-order valence-corrected chi connectivity index (χ0v) is 12.5. The number of halogens is 6. The van der Waals surface area contributed by atoms with Gasteiger partial charge in [0.1, 0.15) is 17.6 Å². The molecule has 0 amide bonds. The third kappa shape index (κ3) is 4.88. The molecule has 0 aromatic heterocycles. The SMILES string of the molecule is Cl.Cl.Oc1ccc(F)cc1[C@H](N1CCNCC1)C(F)(F)F. The summed E-state index contributed by atoms with van der Waals surface area (Å²) in [6.45, 7) is 1.26. The first kappa shape index (κ1) is 20.2. The van der Waals surface area contributed by atoms with Gasteiger partial charge in [-0.25, -0.2) is 4.39 Å². The van der Waals surface area contributed by atoms with E-state index in [0.717, 1.165) is 18.2 Å². The molecule has 1 aliphatic heterocycles. The Morgan fingerprint density at radius 3 is 2.24 bits per heavy atom. The highest BCUT2D eigenvalue weighted by molar-refractivity contribution is 5.85. The Hall–Kier alpha value is -0.760. The minimum absolute atomic E-state index is 0. The van der Waals surface area contributed by atoms with Crippen LogP contribution in [-0.4, -0.2) is 42.4 Å². The summed E-state index contributed by atoms with van der Waals surface area (Å²) >= 11 is 0. The third-order valence-electron chi connectivity index (χ3n) is 3.11. The van der Waals surface area contributed by atoms with E-state index in [1.54, 1.807) is 0 Å². The van der Waals surface area contributed by atoms with Gasteiger partial charge in [-0.3, -0.25) is 4.90 Å². The van der Waals surface area contributed by atoms with Crippen molar-refractivity contribution in [2.75, 3.05) is 26.2 Å². The number of nitrogens with one attached hydrogen (secondary N) is 1. The first-order valence-electron chi connectivity index (χ1n) is 5.89. The van der Waals surface area contributed by atoms with Crippen molar-refractivity contribution in [3.05, 3.63) is 29.6 Å². The smallest absolute Gasteiger partial charge is 0.408 e. The van der Waals surface area contributed by atoms with E-state index in [0.29, 0.717) is 13.1 Å². The molecule has 122 valence electrons. The molecule has 2 rings (SSSR count). The number of phenolic OH excluding ortho intramolecular Hbond substituents is 1. The van der Waals surface area contributed by atoms with E-state index in [1.165, 1.54) is 4.90 Å². The van der Waals surface area contributed by atoms with E-state index in [9.17, 15) is 22.7 Å². The Morgan fingerprint density at radius 1 is 1.14 bits per heavy atom. The van der Waals surface area contributed by atoms with Gasteiger partial charge >= 0.3 is 6.18 Å². The average molecular weight is 351 g/mol. The lowest BCUT2D eigenvalue weighted by Gasteiger charge is -2.36. The Kier molecular flexibility index (Phi) is 7.74. The molecule has 0 aliphatic carbocycles. The van der Waals surface area contributed by atoms with E-state index in [2.05, 4.69) is 5.32 Å². The predicted octanol–water partition coefficient (Wildman–Crippen LogP) is 2.88. The fraction of sp³-hybridized carbons (Fsp3) is 0.500. The maximum absolute atomic E-state index is 13.2. The average Bonchev–Trinajstić information content (AvgIpc) is 2.33. The molecule has 1 aromatic carbocycles. The Morgan fingerprint density at radius 2 is 1.71 bits per heavy atom. The molecular weight excluding hydrogens is 335 g/mol. The van der Waals surface area contributed by atoms with Crippen LogP contribution in [0, 0.1) is 5.82 Å². The highest BCUT2D eigenvalue weighted by Gasteiger charge is 2.46. The maximum Gasteiger partial charge on any atom is 0.408 e. The number of piperazine rings is 1. The molecule has 21 heavy (non-hydrogen) atoms. The van der Waals surface area contributed by atoms with Gasteiger partial charge < -0.3 is 10.4 Å². The number of rotatable bonds is 2. The van der Waals surface area contributed by atoms with Gasteiger partial charge in [0, 0.05) is 31.7 Å². The Bertz CT molecular complexity index is 453. The van der Waals surface area contributed by atoms with Gasteiger partial charge in [0.25, 0.3) is 0 Å². The van der Waals surface area contributed by atoms with Crippen LogP contribution in [0.3, 0.4) is 0 Å². The molecule has 1 aromatic rings. The van der Waals surface area contributed by atoms with Gasteiger partial charge in [-0.05, 0) is 18.2 Å². The van der Waals surface area contributed by atoms with Crippen molar-refractivity contribution in [1.82, 2.24) is 10.2 Å². The minimum atomic E-state index is -4.57. The van der Waals surface area contributed by atoms with Crippen molar-refractivity contribution in [3.63, 3.8) is 0 Å². The summed E-state index contributed by atoms with van der Waals surface area (Å²) in [6.07, 6.45) is -4.57. The second-order valence-corrected chi connectivity index (χ2v) is 4.43. The van der Waals surface area contributed by atoms with E-state index < -0.39 is 29.3 Å². The molecule has 1 heterocycles. The van der Waals surface area contributed by atoms with E-state index in [4.69, 9.17) is 0 Å². The number of alkyl halides is 3. The zero-order chi connectivity index (χ0) is 14.0. The van der Waals surface area contributed by atoms with Crippen LogP contribution in [0.1, 0.15) is 11.6 Å². The van der Waals surface area contributed by atoms with Crippen LogP contribution in [0.5, 0.6) is 5.75 Å². The number of aromatic hydroxyl groups is 1. The Balaban J connectivity index is 0.00000200. The molecule has 0 radical (unpaired) electrons. The fourth-order valence-corrected chi connectivity index (χ4v) is 2.26. The van der Waals surface area contributed by atoms with Crippen LogP contribution in [0.2, 0.25) is 0 Å². The monoisotopic (exact) mass is 350 g/mol. The summed E-state index contributed by atoms with van der Waals surface area (Å²) in [5.41, 5.74) is -0.436. The number of phenols is 1. The molecule has 1 fully saturated rings. The zero-order valence-electron chi connectivity index (χ0n) is 10.9. The summed E-state index contributed by atoms with van der Waals surface area (Å²) < 4.78 is 52.8. The number of hydrogen-bond acceptors (Lipinski definition) is 3. The lowest BCUT2D eigenvalue weighted by Crippen LogP contribution is -2.49. The molecule has 0 bridgehead atoms. The molecular formula is C12H16Cl2F4N2O. The van der Waals surface area contributed by atoms with Crippen molar-refractivity contribution in [2.24, 2.45) is 0 Å². The van der Waals surface area contributed by atoms with Crippen molar-refractivity contribution in [3.8, 4) is 5.75 Å². The lowest BCUT2D eigenvalue weighted by atomic mass is 10.0. The van der Waals surface area contributed by atoms with E-state index in [-0.39, 0.29) is 37.9 Å². The van der Waals surface area contributed by atoms with E-state index in [1.807, 2.05) is 0 Å². The molecule has 3 nitrogen and oxygen atoms in total. The molecule has 0 saturated carbocycles. The van der Waals surface area contributed by atoms with Gasteiger partial charge in [-0.15, -0.1) is 24.8 Å². The van der Waals surface area contributed by atoms with Crippen molar-refractivity contribution < 1.29 is 22.7 Å². The van der Waals surface area contributed by atoms with Gasteiger partial charge in [-0.1, -0.05) is 0 Å². The normalized spacial score (nSPS) is 17.5. The quantitative estimate of drug-likeness (QED) is 0.805. The largest absolute Gasteiger partial charge is 0.508 e. The van der Waals surface area contributed by atoms with Gasteiger partial charge in [0.05, 0.1) is 0 Å². The van der Waals surface area contributed by atoms with Crippen LogP contribution >= 0.6 is 24.8 Å². The summed E-state index contributed by atoms with van der Waals surface area (Å²) in [5.74, 6) is -1.33. The molecule has 0 spiro atoms. The van der Waals surface area contributed by atoms with Crippen LogP contribution < -0.4 is 5.32 Å². The molecule has 1 aliphatic rings. The van der Waals surface area contributed by atoms with Crippen molar-refractivity contribution >= 4 is 24.8 Å². The molecule has 9 heteroatoms. The van der Waals surface area contributed by atoms with Crippen LogP contribution in [0.25, 0.3) is 0 Å². The first-order chi connectivity index (χ1) is 8.89. The molecule has 1 saturated heterocycles. The standard InChI is InChI=1S/C12H14F4N2O.2ClH/c13-8-1-2-10(19)9(7-8)11(12(14,15)16)18-5-3-17-4-6-18;;/h1-2,7,11,17,19H,3-6H2;2*1H/t11-;;/m0../s1. The van der Waals surface area contributed by atoms with Gasteiger partial charge in [0.15, 0.2) is 0 Å². The molecule has 2 N–H and O–H groups in total. The van der Waals surface area contributed by atoms with Gasteiger partial charge in [-0.2, -0.15) is 13.2 Å². The summed E-state index contributed by atoms with van der Waals surface area (Å²) in [7, 11) is 0. The van der Waals surface area contributed by atoms with Crippen LogP contribution in [0.4, 0.5) is 17.6 Å². The second kappa shape index (κ2) is 8.03. The van der Waals surface area contributed by atoms with E-state index >= 15 is 0 Å². The van der Waals surface area contributed by atoms with Crippen LogP contribution in [-0.2, 0) is 0 Å². The second-order valence-electron chi connectivity index (χ2n) is 4.43. The van der Waals surface area contributed by atoms with Crippen molar-refractivity contribution in [2.45, 2.75) is 12.2 Å². The number of hydrogen-bond donors (Lipinski definition) is 2. The molecule has 0 unspecified atom stereocenters. The maximum atomic E-state index is 13.2. The van der Waals surface area contributed by atoms with Crippen LogP contribution in [0.15, 0.2) is 18.2 Å². The summed E-state index contributed by atoms with van der Waals surface area (Å²) in [4.78, 5) is 1.20. The molecule has 1 atom stereocenters. The fourth-order valence-electron chi connectivity index (χ4n) is 2.26. The first-order valence-corrected chi connectivity index (χ1v) is 5.89. The minimum Gasteiger partial charge on any atom is -0.508 e. The lowest BCUT2D eigenvalue weighted by molar-refractivity contribution is -0.188. The number of nitrogens with zero attached hydrogens (tertiary/aromatic N) is 1. The highest BCUT2D eigenvalue weighted by Crippen LogP contribution is 2.41. The Labute approximate surface area is 132 Å². The van der Waals surface area contributed by atoms with Crippen molar-refractivity contribution in [1.29, 1.82) is 0 Å². The highest BCUT2D eigenvalue weighted by atomic mass is 35.5. The topological polar surface area (TPSA) is 35.5 Å². The van der Waals surface area contributed by atoms with Gasteiger partial charge in [0.2, 0.25) is 0 Å². The summed E-state index contributed by atoms with van der Waals surface area (Å²) in [6, 6.07) is 0.649. The summed E-state index contributed by atoms with van der Waals surface area (Å²) in [5, 5.41) is 12.5. The number of benzene rings is 1. The predicted molar refractivity (Wildman–Crippen MR) is 75.8 cm³/mol. The third-order valence-corrected chi connectivity index (χ3v) is 3.11.